The van der Waals surface area contributed by atoms with Crippen molar-refractivity contribution < 1.29 is 14.3 Å². The number of carbonyl (C=O) groups excluding carboxylic acids is 2. The molecular formula is C29H31NO3S3. The summed E-state index contributed by atoms with van der Waals surface area (Å²) >= 11 is 9.11. The Morgan fingerprint density at radius 2 is 1.69 bits per heavy atom. The van der Waals surface area contributed by atoms with Crippen molar-refractivity contribution in [1.82, 2.24) is 0 Å². The first-order valence-electron chi connectivity index (χ1n) is 12.1. The van der Waals surface area contributed by atoms with Crippen LogP contribution in [0.4, 0.5) is 5.69 Å². The number of thioether (sulfide) groups is 2. The van der Waals surface area contributed by atoms with Gasteiger partial charge in [-0.05, 0) is 63.4 Å². The highest BCUT2D eigenvalue weighted by Crippen LogP contribution is 2.58. The van der Waals surface area contributed by atoms with E-state index in [0.29, 0.717) is 16.4 Å². The average molecular weight is 538 g/mol. The van der Waals surface area contributed by atoms with E-state index in [9.17, 15) is 9.59 Å². The number of nitrogens with zero attached hydrogens (tertiary/aromatic N) is 1. The largest absolute Gasteiger partial charge is 0.462 e. The Labute approximate surface area is 227 Å². The van der Waals surface area contributed by atoms with Gasteiger partial charge in [0.15, 0.2) is 0 Å². The van der Waals surface area contributed by atoms with Crippen molar-refractivity contribution in [3.8, 4) is 0 Å². The van der Waals surface area contributed by atoms with E-state index in [1.165, 1.54) is 11.8 Å². The number of rotatable bonds is 4. The lowest BCUT2D eigenvalue weighted by atomic mass is 9.81. The summed E-state index contributed by atoms with van der Waals surface area (Å²) in [5.74, 6) is -0.465. The highest BCUT2D eigenvalue weighted by Gasteiger charge is 2.46. The zero-order chi connectivity index (χ0) is 26.4. The van der Waals surface area contributed by atoms with E-state index in [4.69, 9.17) is 17.0 Å². The molecule has 1 amide bonds. The van der Waals surface area contributed by atoms with Crippen LogP contribution in [0.1, 0.15) is 56.9 Å². The first-order chi connectivity index (χ1) is 17.0. The first kappa shape index (κ1) is 26.7. The number of thiocarbonyl (C=S) groups is 1. The highest BCUT2D eigenvalue weighted by atomic mass is 32.2. The molecule has 0 bridgehead atoms. The Morgan fingerprint density at radius 1 is 1.06 bits per heavy atom. The summed E-state index contributed by atoms with van der Waals surface area (Å²) in [4.78, 5) is 30.5. The van der Waals surface area contributed by atoms with Gasteiger partial charge in [0, 0.05) is 22.0 Å². The number of fused-ring (bicyclic) bond motifs is 1. The molecule has 36 heavy (non-hydrogen) atoms. The molecule has 0 spiro atoms. The molecule has 0 radical (unpaired) electrons. The molecule has 188 valence electrons. The number of esters is 1. The third kappa shape index (κ3) is 4.57. The Bertz CT molecular complexity index is 1320. The highest BCUT2D eigenvalue weighted by molar-refractivity contribution is 8.32. The standard InChI is InChI=1S/C29H31NO3S3/c1-8-33-27(32)24-23(19-12-10-9-11-13-19)35-28(36-24)22-20-14-17(4)18(5)15-21(20)30(26(31)16(2)3)29(6,7)25(22)34/h9-16H,8H2,1-7H3. The smallest absolute Gasteiger partial charge is 0.346 e. The summed E-state index contributed by atoms with van der Waals surface area (Å²) in [7, 11) is 0. The second-order valence-electron chi connectivity index (χ2n) is 9.78. The lowest BCUT2D eigenvalue weighted by Crippen LogP contribution is -2.57. The van der Waals surface area contributed by atoms with Crippen molar-refractivity contribution in [3.05, 3.63) is 73.9 Å². The van der Waals surface area contributed by atoms with Gasteiger partial charge in [-0.3, -0.25) is 4.79 Å². The summed E-state index contributed by atoms with van der Waals surface area (Å²) in [6, 6.07) is 14.1. The van der Waals surface area contributed by atoms with Gasteiger partial charge in [-0.25, -0.2) is 4.79 Å². The van der Waals surface area contributed by atoms with E-state index >= 15 is 0 Å². The molecule has 0 N–H and O–H groups in total. The van der Waals surface area contributed by atoms with Crippen molar-refractivity contribution in [1.29, 1.82) is 0 Å². The summed E-state index contributed by atoms with van der Waals surface area (Å²) < 4.78 is 6.36. The van der Waals surface area contributed by atoms with Gasteiger partial charge in [-0.15, -0.1) is 0 Å². The van der Waals surface area contributed by atoms with E-state index < -0.39 is 5.54 Å². The Morgan fingerprint density at radius 3 is 2.31 bits per heavy atom. The van der Waals surface area contributed by atoms with Crippen molar-refractivity contribution in [2.75, 3.05) is 11.5 Å². The fourth-order valence-corrected chi connectivity index (χ4v) is 7.51. The van der Waals surface area contributed by atoms with Crippen molar-refractivity contribution >= 4 is 68.6 Å². The molecule has 2 heterocycles. The minimum Gasteiger partial charge on any atom is -0.462 e. The Balaban J connectivity index is 1.95. The molecule has 4 nitrogen and oxygen atoms in total. The van der Waals surface area contributed by atoms with E-state index in [-0.39, 0.29) is 17.8 Å². The molecule has 0 aliphatic carbocycles. The summed E-state index contributed by atoms with van der Waals surface area (Å²) in [6.45, 7) is 14.1. The topological polar surface area (TPSA) is 46.6 Å². The molecule has 2 aromatic rings. The third-order valence-electron chi connectivity index (χ3n) is 6.47. The maximum Gasteiger partial charge on any atom is 0.346 e. The van der Waals surface area contributed by atoms with Gasteiger partial charge in [-0.2, -0.15) is 0 Å². The molecule has 2 aliphatic heterocycles. The van der Waals surface area contributed by atoms with E-state index in [0.717, 1.165) is 42.7 Å². The predicted octanol–water partition coefficient (Wildman–Crippen LogP) is 7.54. The molecule has 0 unspecified atom stereocenters. The number of carbonyl (C=O) groups is 2. The Hall–Kier alpha value is -2.35. The van der Waals surface area contributed by atoms with Crippen LogP contribution in [0, 0.1) is 19.8 Å². The van der Waals surface area contributed by atoms with Crippen LogP contribution in [0.15, 0.2) is 51.6 Å². The number of ether oxygens (including phenoxy) is 1. The maximum absolute atomic E-state index is 13.5. The van der Waals surface area contributed by atoms with Crippen molar-refractivity contribution in [2.24, 2.45) is 5.92 Å². The van der Waals surface area contributed by atoms with E-state index in [1.54, 1.807) is 11.8 Å². The summed E-state index contributed by atoms with van der Waals surface area (Å²) in [6.07, 6.45) is 0. The van der Waals surface area contributed by atoms with Gasteiger partial charge in [-0.1, -0.05) is 79.9 Å². The number of hydrogen-bond donors (Lipinski definition) is 0. The molecule has 0 aromatic heterocycles. The van der Waals surface area contributed by atoms with E-state index in [1.807, 2.05) is 69.9 Å². The molecular weight excluding hydrogens is 507 g/mol. The van der Waals surface area contributed by atoms with Crippen LogP contribution >= 0.6 is 35.7 Å². The zero-order valence-corrected chi connectivity index (χ0v) is 24.2. The molecule has 2 aliphatic rings. The van der Waals surface area contributed by atoms with Crippen LogP contribution in [0.25, 0.3) is 10.5 Å². The zero-order valence-electron chi connectivity index (χ0n) is 21.7. The Kier molecular flexibility index (Phi) is 7.56. The quantitative estimate of drug-likeness (QED) is 0.228. The normalized spacial score (nSPS) is 19.1. The van der Waals surface area contributed by atoms with Gasteiger partial charge < -0.3 is 9.64 Å². The van der Waals surface area contributed by atoms with Crippen molar-refractivity contribution in [2.45, 2.75) is 54.0 Å². The van der Waals surface area contributed by atoms with Crippen LogP contribution < -0.4 is 4.90 Å². The van der Waals surface area contributed by atoms with Crippen LogP contribution in [-0.4, -0.2) is 28.9 Å². The summed E-state index contributed by atoms with van der Waals surface area (Å²) in [5.41, 5.74) is 5.21. The fourth-order valence-electron chi connectivity index (χ4n) is 4.38. The van der Waals surface area contributed by atoms with Crippen LogP contribution in [0.2, 0.25) is 0 Å². The fraction of sp³-hybridized carbons (Fsp3) is 0.345. The lowest BCUT2D eigenvalue weighted by molar-refractivity contribution is -0.137. The molecule has 0 fully saturated rings. The van der Waals surface area contributed by atoms with Crippen LogP contribution in [-0.2, 0) is 14.3 Å². The molecule has 0 saturated carbocycles. The number of amides is 1. The average Bonchev–Trinajstić information content (AvgIpc) is 3.27. The number of benzene rings is 2. The van der Waals surface area contributed by atoms with Gasteiger partial charge in [0.2, 0.25) is 5.91 Å². The number of anilines is 1. The number of aryl methyl sites for hydroxylation is 2. The second-order valence-corrected chi connectivity index (χ2v) is 12.5. The monoisotopic (exact) mass is 537 g/mol. The van der Waals surface area contributed by atoms with Crippen molar-refractivity contribution in [3.63, 3.8) is 0 Å². The number of hydrogen-bond acceptors (Lipinski definition) is 6. The minimum absolute atomic E-state index is 0.0398. The van der Waals surface area contributed by atoms with Gasteiger partial charge >= 0.3 is 5.97 Å². The SMILES string of the molecule is CCOC(=O)C1=C(c2ccccc2)SC(=C2C(=S)C(C)(C)N(C(=O)C(C)C)c3cc(C)c(C)cc32)S1. The van der Waals surface area contributed by atoms with Gasteiger partial charge in [0.1, 0.15) is 4.91 Å². The second kappa shape index (κ2) is 10.2. The molecule has 7 heteroatoms. The van der Waals surface area contributed by atoms with Gasteiger partial charge in [0.05, 0.1) is 26.9 Å². The predicted molar refractivity (Wildman–Crippen MR) is 157 cm³/mol. The van der Waals surface area contributed by atoms with E-state index in [2.05, 4.69) is 26.0 Å². The van der Waals surface area contributed by atoms with Crippen LogP contribution in [0.5, 0.6) is 0 Å². The molecule has 0 atom stereocenters. The van der Waals surface area contributed by atoms with Crippen LogP contribution in [0.3, 0.4) is 0 Å². The third-order valence-corrected chi connectivity index (χ3v) is 9.81. The van der Waals surface area contributed by atoms with Gasteiger partial charge in [0.25, 0.3) is 0 Å². The lowest BCUT2D eigenvalue weighted by Gasteiger charge is -2.46. The molecule has 4 rings (SSSR count). The molecule has 2 aromatic carbocycles. The maximum atomic E-state index is 13.5. The summed E-state index contributed by atoms with van der Waals surface area (Å²) in [5, 5.41) is 0. The molecule has 0 saturated heterocycles. The minimum atomic E-state index is -0.714. The first-order valence-corrected chi connectivity index (χ1v) is 14.1.